The fourth-order valence-corrected chi connectivity index (χ4v) is 3.61. The minimum Gasteiger partial charge on any atom is -0.365 e. The highest BCUT2D eigenvalue weighted by Gasteiger charge is 2.27. The van der Waals surface area contributed by atoms with Gasteiger partial charge in [-0.2, -0.15) is 0 Å². The number of fused-ring (bicyclic) bond motifs is 1. The van der Waals surface area contributed by atoms with Crippen LogP contribution in [-0.2, 0) is 24.3 Å². The molecule has 8 heteroatoms. The number of rotatable bonds is 5. The maximum atomic E-state index is 13.1. The smallest absolute Gasteiger partial charge is 0.273 e. The predicted molar refractivity (Wildman–Crippen MR) is 94.3 cm³/mol. The zero-order valence-electron chi connectivity index (χ0n) is 13.9. The van der Waals surface area contributed by atoms with Gasteiger partial charge in [-0.25, -0.2) is 9.07 Å². The number of nitrogens with zero attached hydrogens (tertiary/aromatic N) is 3. The van der Waals surface area contributed by atoms with Crippen molar-refractivity contribution in [1.29, 1.82) is 0 Å². The number of carbonyl (C=O) groups is 1. The number of aromatic nitrogens is 3. The summed E-state index contributed by atoms with van der Waals surface area (Å²) in [4.78, 5) is 13.6. The van der Waals surface area contributed by atoms with Gasteiger partial charge in [0.25, 0.3) is 5.91 Å². The zero-order valence-corrected chi connectivity index (χ0v) is 14.7. The summed E-state index contributed by atoms with van der Waals surface area (Å²) in [6.07, 6.45) is 0.551. The van der Waals surface area contributed by atoms with E-state index in [1.54, 1.807) is 28.2 Å². The van der Waals surface area contributed by atoms with Crippen molar-refractivity contribution in [3.63, 3.8) is 0 Å². The van der Waals surface area contributed by atoms with Crippen LogP contribution in [0.1, 0.15) is 32.7 Å². The first-order chi connectivity index (χ1) is 12.7. The van der Waals surface area contributed by atoms with Crippen molar-refractivity contribution >= 4 is 17.2 Å². The van der Waals surface area contributed by atoms with Crippen LogP contribution in [-0.4, -0.2) is 27.4 Å². The second-order valence-electron chi connectivity index (χ2n) is 6.00. The largest absolute Gasteiger partial charge is 0.365 e. The van der Waals surface area contributed by atoms with E-state index in [1.165, 1.54) is 17.0 Å². The Morgan fingerprint density at radius 2 is 2.19 bits per heavy atom. The van der Waals surface area contributed by atoms with Crippen molar-refractivity contribution < 1.29 is 13.9 Å². The van der Waals surface area contributed by atoms with Crippen molar-refractivity contribution in [3.05, 3.63) is 69.4 Å². The van der Waals surface area contributed by atoms with E-state index in [2.05, 4.69) is 15.6 Å². The molecule has 0 saturated heterocycles. The first-order valence-electron chi connectivity index (χ1n) is 8.31. The zero-order chi connectivity index (χ0) is 17.9. The van der Waals surface area contributed by atoms with Gasteiger partial charge in [-0.15, -0.1) is 16.4 Å². The summed E-state index contributed by atoms with van der Waals surface area (Å²) in [5, 5.41) is 13.0. The third kappa shape index (κ3) is 3.51. The van der Waals surface area contributed by atoms with Gasteiger partial charge in [0.2, 0.25) is 0 Å². The quantitative estimate of drug-likeness (QED) is 0.748. The van der Waals surface area contributed by atoms with Gasteiger partial charge >= 0.3 is 0 Å². The Hall–Kier alpha value is -2.58. The molecule has 1 atom stereocenters. The van der Waals surface area contributed by atoms with Gasteiger partial charge in [0.05, 0.1) is 18.8 Å². The van der Waals surface area contributed by atoms with Gasteiger partial charge in [0, 0.05) is 11.4 Å². The molecule has 3 heterocycles. The van der Waals surface area contributed by atoms with Crippen LogP contribution in [0, 0.1) is 5.82 Å². The third-order valence-electron chi connectivity index (χ3n) is 4.29. The molecule has 1 aromatic carbocycles. The number of nitrogens with one attached hydrogen (secondary N) is 1. The first-order valence-corrected chi connectivity index (χ1v) is 9.18. The van der Waals surface area contributed by atoms with E-state index >= 15 is 0 Å². The SMILES string of the molecule is O=C(NCCc1cccs1)c1nnn2c1CO[C@@H](c1ccc(F)cc1)C2. The molecule has 1 N–H and O–H groups in total. The Morgan fingerprint density at radius 1 is 1.35 bits per heavy atom. The van der Waals surface area contributed by atoms with Crippen molar-refractivity contribution in [2.24, 2.45) is 0 Å². The van der Waals surface area contributed by atoms with E-state index < -0.39 is 0 Å². The lowest BCUT2D eigenvalue weighted by Crippen LogP contribution is -2.28. The molecule has 0 radical (unpaired) electrons. The van der Waals surface area contributed by atoms with Gasteiger partial charge in [0.15, 0.2) is 5.69 Å². The fourth-order valence-electron chi connectivity index (χ4n) is 2.90. The number of thiophene rings is 1. The van der Waals surface area contributed by atoms with E-state index in [-0.39, 0.29) is 24.4 Å². The minimum atomic E-state index is -0.285. The molecule has 0 saturated carbocycles. The van der Waals surface area contributed by atoms with Crippen LogP contribution >= 0.6 is 11.3 Å². The maximum Gasteiger partial charge on any atom is 0.273 e. The number of hydrogen-bond donors (Lipinski definition) is 1. The number of halogens is 1. The van der Waals surface area contributed by atoms with Crippen molar-refractivity contribution in [2.75, 3.05) is 6.54 Å². The summed E-state index contributed by atoms with van der Waals surface area (Å²) in [6.45, 7) is 1.23. The molecule has 2 aromatic heterocycles. The number of benzene rings is 1. The highest BCUT2D eigenvalue weighted by atomic mass is 32.1. The molecule has 0 bridgehead atoms. The molecule has 26 heavy (non-hydrogen) atoms. The average Bonchev–Trinajstić information content (AvgIpc) is 3.31. The van der Waals surface area contributed by atoms with Crippen molar-refractivity contribution in [3.8, 4) is 0 Å². The summed E-state index contributed by atoms with van der Waals surface area (Å²) >= 11 is 1.67. The maximum absolute atomic E-state index is 13.1. The Bertz CT molecular complexity index is 893. The lowest BCUT2D eigenvalue weighted by Gasteiger charge is -2.24. The Labute approximate surface area is 153 Å². The lowest BCUT2D eigenvalue weighted by atomic mass is 10.1. The molecule has 0 aliphatic carbocycles. The van der Waals surface area contributed by atoms with E-state index in [4.69, 9.17) is 4.74 Å². The summed E-state index contributed by atoms with van der Waals surface area (Å²) in [5.41, 5.74) is 1.83. The van der Waals surface area contributed by atoms with Crippen LogP contribution < -0.4 is 5.32 Å². The van der Waals surface area contributed by atoms with Gasteiger partial charge in [-0.05, 0) is 35.6 Å². The average molecular weight is 372 g/mol. The highest BCUT2D eigenvalue weighted by Crippen LogP contribution is 2.27. The predicted octanol–water partition coefficient (Wildman–Crippen LogP) is 2.72. The van der Waals surface area contributed by atoms with Crippen molar-refractivity contribution in [1.82, 2.24) is 20.3 Å². The molecule has 0 unspecified atom stereocenters. The molecular formula is C18H17FN4O2S. The molecule has 0 spiro atoms. The third-order valence-corrected chi connectivity index (χ3v) is 5.23. The van der Waals surface area contributed by atoms with Gasteiger partial charge in [-0.1, -0.05) is 23.4 Å². The molecule has 1 aliphatic rings. The van der Waals surface area contributed by atoms with E-state index in [0.717, 1.165) is 12.0 Å². The second kappa shape index (κ2) is 7.35. The van der Waals surface area contributed by atoms with Gasteiger partial charge in [0.1, 0.15) is 11.9 Å². The standard InChI is InChI=1S/C18H17FN4O2S/c19-13-5-3-12(4-6-13)16-10-23-15(11-25-16)17(21-22-23)18(24)20-8-7-14-2-1-9-26-14/h1-6,9,16H,7-8,10-11H2,(H,20,24)/t16-/m1/s1. The minimum absolute atomic E-state index is 0.237. The molecule has 4 rings (SSSR count). The van der Waals surface area contributed by atoms with E-state index in [0.29, 0.717) is 24.5 Å². The molecule has 3 aromatic rings. The van der Waals surface area contributed by atoms with Crippen LogP contribution in [0.15, 0.2) is 41.8 Å². The van der Waals surface area contributed by atoms with Crippen LogP contribution in [0.3, 0.4) is 0 Å². The number of amides is 1. The molecule has 6 nitrogen and oxygen atoms in total. The Morgan fingerprint density at radius 3 is 2.96 bits per heavy atom. The summed E-state index contributed by atoms with van der Waals surface area (Å²) in [5.74, 6) is -0.529. The summed E-state index contributed by atoms with van der Waals surface area (Å²) < 4.78 is 20.6. The van der Waals surface area contributed by atoms with E-state index in [1.807, 2.05) is 17.5 Å². The van der Waals surface area contributed by atoms with Crippen molar-refractivity contribution in [2.45, 2.75) is 25.7 Å². The number of carbonyl (C=O) groups excluding carboxylic acids is 1. The molecule has 1 aliphatic heterocycles. The van der Waals surface area contributed by atoms with Gasteiger partial charge < -0.3 is 10.1 Å². The van der Waals surface area contributed by atoms with Crippen LogP contribution in [0.25, 0.3) is 0 Å². The Kier molecular flexibility index (Phi) is 4.77. The fraction of sp³-hybridized carbons (Fsp3) is 0.278. The monoisotopic (exact) mass is 372 g/mol. The number of hydrogen-bond acceptors (Lipinski definition) is 5. The van der Waals surface area contributed by atoms with E-state index in [9.17, 15) is 9.18 Å². The van der Waals surface area contributed by atoms with Gasteiger partial charge in [-0.3, -0.25) is 4.79 Å². The highest BCUT2D eigenvalue weighted by molar-refractivity contribution is 7.09. The van der Waals surface area contributed by atoms with Crippen LogP contribution in [0.4, 0.5) is 4.39 Å². The number of ether oxygens (including phenoxy) is 1. The molecule has 134 valence electrons. The molecular weight excluding hydrogens is 355 g/mol. The molecule has 1 amide bonds. The topological polar surface area (TPSA) is 69.0 Å². The second-order valence-corrected chi connectivity index (χ2v) is 7.04. The molecule has 0 fully saturated rings. The first kappa shape index (κ1) is 16.9. The van der Waals surface area contributed by atoms with Crippen LogP contribution in [0.2, 0.25) is 0 Å². The summed E-state index contributed by atoms with van der Waals surface area (Å²) in [6, 6.07) is 10.2. The Balaban J connectivity index is 1.40. The lowest BCUT2D eigenvalue weighted by molar-refractivity contribution is -0.00180. The summed E-state index contributed by atoms with van der Waals surface area (Å²) in [7, 11) is 0. The normalized spacial score (nSPS) is 16.3. The van der Waals surface area contributed by atoms with Crippen LogP contribution in [0.5, 0.6) is 0 Å².